The molecular formula is C16H17N3O5S. The molecule has 3 rings (SSSR count). The quantitative estimate of drug-likeness (QED) is 0.744. The molecule has 25 heavy (non-hydrogen) atoms. The van der Waals surface area contributed by atoms with Gasteiger partial charge in [0.1, 0.15) is 10.9 Å². The number of hydrogen-bond donors (Lipinski definition) is 2. The van der Waals surface area contributed by atoms with E-state index < -0.39 is 35.4 Å². The lowest BCUT2D eigenvalue weighted by atomic mass is 10.0. The molecule has 1 aromatic carbocycles. The Morgan fingerprint density at radius 2 is 2.04 bits per heavy atom. The number of nitrogens with zero attached hydrogens (tertiary/aromatic N) is 1. The van der Waals surface area contributed by atoms with Crippen molar-refractivity contribution >= 4 is 35.6 Å². The number of hydrogen-bond acceptors (Lipinski definition) is 6. The van der Waals surface area contributed by atoms with Crippen molar-refractivity contribution < 1.29 is 23.9 Å². The van der Waals surface area contributed by atoms with Gasteiger partial charge in [-0.05, 0) is 12.0 Å². The lowest BCUT2D eigenvalue weighted by molar-refractivity contribution is -0.156. The van der Waals surface area contributed by atoms with Gasteiger partial charge in [0.05, 0.1) is 0 Å². The molecule has 1 aromatic rings. The first kappa shape index (κ1) is 17.3. The normalized spacial score (nSPS) is 24.7. The van der Waals surface area contributed by atoms with Crippen LogP contribution in [0, 0.1) is 0 Å². The van der Waals surface area contributed by atoms with Crippen molar-refractivity contribution in [1.82, 2.24) is 10.2 Å². The summed E-state index contributed by atoms with van der Waals surface area (Å²) in [5.74, 6) is -1.21. The predicted molar refractivity (Wildman–Crippen MR) is 89.1 cm³/mol. The molecule has 0 unspecified atom stereocenters. The van der Waals surface area contributed by atoms with Crippen LogP contribution in [0.4, 0.5) is 4.79 Å². The average molecular weight is 363 g/mol. The smallest absolute Gasteiger partial charge is 0.330 e. The van der Waals surface area contributed by atoms with Crippen LogP contribution in [-0.2, 0) is 24.0 Å². The Bertz CT molecular complexity index is 726. The summed E-state index contributed by atoms with van der Waals surface area (Å²) in [6.07, 6.45) is 0.973. The number of benzene rings is 1. The number of carbonyl (C=O) groups excluding carboxylic acids is 4. The molecule has 0 bridgehead atoms. The fourth-order valence-electron chi connectivity index (χ4n) is 3.22. The summed E-state index contributed by atoms with van der Waals surface area (Å²) < 4.78 is 4.96. The molecule has 8 nitrogen and oxygen atoms in total. The highest BCUT2D eigenvalue weighted by Gasteiger charge is 2.57. The highest BCUT2D eigenvalue weighted by Crippen LogP contribution is 2.54. The van der Waals surface area contributed by atoms with Gasteiger partial charge in [-0.25, -0.2) is 9.59 Å². The maximum absolute atomic E-state index is 12.4. The van der Waals surface area contributed by atoms with Gasteiger partial charge in [0.25, 0.3) is 5.91 Å². The van der Waals surface area contributed by atoms with Crippen LogP contribution >= 0.6 is 11.8 Å². The van der Waals surface area contributed by atoms with Crippen molar-refractivity contribution in [3.63, 3.8) is 0 Å². The van der Waals surface area contributed by atoms with E-state index in [4.69, 9.17) is 10.5 Å². The van der Waals surface area contributed by atoms with Gasteiger partial charge < -0.3 is 15.4 Å². The van der Waals surface area contributed by atoms with Crippen LogP contribution in [0.3, 0.4) is 0 Å². The average Bonchev–Trinajstić information content (AvgIpc) is 3.13. The molecule has 2 fully saturated rings. The molecule has 2 atom stereocenters. The highest BCUT2D eigenvalue weighted by atomic mass is 32.2. The molecular weight excluding hydrogens is 346 g/mol. The Morgan fingerprint density at radius 3 is 2.72 bits per heavy atom. The monoisotopic (exact) mass is 363 g/mol. The van der Waals surface area contributed by atoms with E-state index in [9.17, 15) is 19.2 Å². The number of primary amides is 1. The first-order chi connectivity index (χ1) is 11.9. The molecule has 3 N–H and O–H groups in total. The highest BCUT2D eigenvalue weighted by molar-refractivity contribution is 8.00. The van der Waals surface area contributed by atoms with Crippen LogP contribution in [-0.4, -0.2) is 47.1 Å². The topological polar surface area (TPSA) is 119 Å². The molecule has 0 spiro atoms. The van der Waals surface area contributed by atoms with Crippen molar-refractivity contribution in [3.05, 3.63) is 35.9 Å². The molecule has 2 aliphatic rings. The molecule has 9 heteroatoms. The molecule has 2 heterocycles. The number of ether oxygens (including phenoxy) is 1. The first-order valence-electron chi connectivity index (χ1n) is 7.71. The third-order valence-corrected chi connectivity index (χ3v) is 5.83. The zero-order valence-electron chi connectivity index (χ0n) is 13.3. The van der Waals surface area contributed by atoms with Crippen molar-refractivity contribution in [2.24, 2.45) is 5.73 Å². The van der Waals surface area contributed by atoms with E-state index in [0.29, 0.717) is 18.6 Å². The molecule has 0 aliphatic carbocycles. The predicted octanol–water partition coefficient (Wildman–Crippen LogP) is 0.315. The number of imide groups is 1. The van der Waals surface area contributed by atoms with E-state index in [1.807, 2.05) is 35.6 Å². The molecule has 0 aromatic heterocycles. The molecule has 2 saturated heterocycles. The number of nitrogens with two attached hydrogens (primary N) is 1. The summed E-state index contributed by atoms with van der Waals surface area (Å²) >= 11 is 1.53. The van der Waals surface area contributed by atoms with Crippen LogP contribution in [0.15, 0.2) is 30.3 Å². The van der Waals surface area contributed by atoms with Gasteiger partial charge in [0.2, 0.25) is 5.91 Å². The lowest BCUT2D eigenvalue weighted by Gasteiger charge is -2.33. The van der Waals surface area contributed by atoms with Gasteiger partial charge in [-0.2, -0.15) is 0 Å². The van der Waals surface area contributed by atoms with Crippen LogP contribution in [0.5, 0.6) is 0 Å². The Balaban J connectivity index is 1.74. The SMILES string of the molecule is NC(=O)NC(=O)COC(=O)[C@H]1CS[C@]2(c3ccccc3)CCC(=O)N12. The number of fused-ring (bicyclic) bond motifs is 1. The van der Waals surface area contributed by atoms with E-state index in [1.54, 1.807) is 4.90 Å². The Kier molecular flexibility index (Phi) is 4.67. The Morgan fingerprint density at radius 1 is 1.32 bits per heavy atom. The number of amides is 4. The zero-order chi connectivity index (χ0) is 18.0. The third-order valence-electron chi connectivity index (χ3n) is 4.23. The number of nitrogens with one attached hydrogen (secondary N) is 1. The fraction of sp³-hybridized carbons (Fsp3) is 0.375. The van der Waals surface area contributed by atoms with E-state index in [1.165, 1.54) is 11.8 Å². The van der Waals surface area contributed by atoms with Crippen LogP contribution in [0.2, 0.25) is 0 Å². The maximum Gasteiger partial charge on any atom is 0.330 e. The summed E-state index contributed by atoms with van der Waals surface area (Å²) in [5, 5.41) is 1.81. The third kappa shape index (κ3) is 3.19. The second-order valence-corrected chi connectivity index (χ2v) is 7.06. The summed E-state index contributed by atoms with van der Waals surface area (Å²) in [6, 6.07) is 7.77. The standard InChI is InChI=1S/C16H17N3O5S/c17-15(23)18-12(20)8-24-14(22)11-9-25-16(7-6-13(21)19(11)16)10-4-2-1-3-5-10/h1-5,11H,6-9H2,(H3,17,18,20,23)/t11-,16+/m1/s1. The van der Waals surface area contributed by atoms with Gasteiger partial charge in [-0.15, -0.1) is 11.8 Å². The Hall–Kier alpha value is -2.55. The number of rotatable bonds is 4. The largest absolute Gasteiger partial charge is 0.454 e. The molecule has 0 saturated carbocycles. The van der Waals surface area contributed by atoms with Crippen molar-refractivity contribution in [2.45, 2.75) is 23.8 Å². The summed E-state index contributed by atoms with van der Waals surface area (Å²) in [7, 11) is 0. The van der Waals surface area contributed by atoms with Gasteiger partial charge in [0, 0.05) is 12.2 Å². The van der Waals surface area contributed by atoms with E-state index in [2.05, 4.69) is 0 Å². The number of urea groups is 1. The van der Waals surface area contributed by atoms with Gasteiger partial charge in [0.15, 0.2) is 6.61 Å². The van der Waals surface area contributed by atoms with E-state index >= 15 is 0 Å². The summed E-state index contributed by atoms with van der Waals surface area (Å²) in [4.78, 5) is 47.7. The second kappa shape index (κ2) is 6.75. The lowest BCUT2D eigenvalue weighted by Crippen LogP contribution is -2.47. The minimum Gasteiger partial charge on any atom is -0.454 e. The van der Waals surface area contributed by atoms with Crippen LogP contribution in [0.1, 0.15) is 18.4 Å². The van der Waals surface area contributed by atoms with E-state index in [0.717, 1.165) is 5.56 Å². The Labute approximate surface area is 148 Å². The van der Waals surface area contributed by atoms with Crippen molar-refractivity contribution in [2.75, 3.05) is 12.4 Å². The number of carbonyl (C=O) groups is 4. The van der Waals surface area contributed by atoms with Crippen LogP contribution < -0.4 is 11.1 Å². The fourth-order valence-corrected chi connectivity index (χ4v) is 4.86. The molecule has 0 radical (unpaired) electrons. The van der Waals surface area contributed by atoms with Gasteiger partial charge in [-0.1, -0.05) is 30.3 Å². The van der Waals surface area contributed by atoms with Crippen molar-refractivity contribution in [1.29, 1.82) is 0 Å². The first-order valence-corrected chi connectivity index (χ1v) is 8.70. The van der Waals surface area contributed by atoms with Gasteiger partial charge >= 0.3 is 12.0 Å². The molecule has 2 aliphatic heterocycles. The maximum atomic E-state index is 12.4. The zero-order valence-corrected chi connectivity index (χ0v) is 14.1. The number of esters is 1. The van der Waals surface area contributed by atoms with Gasteiger partial charge in [-0.3, -0.25) is 14.9 Å². The minimum absolute atomic E-state index is 0.114. The van der Waals surface area contributed by atoms with Crippen molar-refractivity contribution in [3.8, 4) is 0 Å². The van der Waals surface area contributed by atoms with Crippen LogP contribution in [0.25, 0.3) is 0 Å². The summed E-state index contributed by atoms with van der Waals surface area (Å²) in [5.41, 5.74) is 5.79. The molecule has 4 amide bonds. The van der Waals surface area contributed by atoms with E-state index in [-0.39, 0.29) is 5.91 Å². The minimum atomic E-state index is -1.02. The molecule has 132 valence electrons. The second-order valence-electron chi connectivity index (χ2n) is 5.76. The summed E-state index contributed by atoms with van der Waals surface area (Å²) in [6.45, 7) is -0.622. The number of thioether (sulfide) groups is 1.